The first-order valence-corrected chi connectivity index (χ1v) is 9.44. The minimum Gasteiger partial charge on any atom is -0.469 e. The summed E-state index contributed by atoms with van der Waals surface area (Å²) in [5.41, 5.74) is -0.756. The van der Waals surface area contributed by atoms with E-state index in [9.17, 15) is 18.0 Å². The molecule has 0 unspecified atom stereocenters. The fraction of sp³-hybridized carbons (Fsp3) is 0.500. The van der Waals surface area contributed by atoms with E-state index in [4.69, 9.17) is 4.42 Å². The number of hydrogen-bond acceptors (Lipinski definition) is 4. The van der Waals surface area contributed by atoms with Crippen molar-refractivity contribution in [3.8, 4) is 0 Å². The van der Waals surface area contributed by atoms with E-state index in [1.165, 1.54) is 6.07 Å². The topological polar surface area (TPSA) is 58.4 Å². The van der Waals surface area contributed by atoms with Crippen molar-refractivity contribution in [3.63, 3.8) is 0 Å². The number of carbonyl (C=O) groups excluding carboxylic acids is 1. The zero-order chi connectivity index (χ0) is 20.1. The number of aryl methyl sites for hydroxylation is 1. The van der Waals surface area contributed by atoms with Gasteiger partial charge >= 0.3 is 6.18 Å². The molecule has 2 aromatic heterocycles. The van der Waals surface area contributed by atoms with Gasteiger partial charge in [0.1, 0.15) is 11.6 Å². The second-order valence-corrected chi connectivity index (χ2v) is 7.19. The summed E-state index contributed by atoms with van der Waals surface area (Å²) in [6.45, 7) is 3.16. The molecule has 0 bridgehead atoms. The van der Waals surface area contributed by atoms with Crippen LogP contribution in [-0.2, 0) is 17.4 Å². The van der Waals surface area contributed by atoms with Crippen LogP contribution in [0.1, 0.15) is 37.5 Å². The van der Waals surface area contributed by atoms with Crippen LogP contribution in [0.4, 0.5) is 19.0 Å². The lowest BCUT2D eigenvalue weighted by Gasteiger charge is -2.32. The molecule has 0 aromatic carbocycles. The zero-order valence-corrected chi connectivity index (χ0v) is 15.7. The molecule has 0 spiro atoms. The monoisotopic (exact) mass is 395 g/mol. The Morgan fingerprint density at radius 1 is 1.32 bits per heavy atom. The molecule has 1 saturated heterocycles. The van der Waals surface area contributed by atoms with Gasteiger partial charge in [-0.15, -0.1) is 0 Å². The van der Waals surface area contributed by atoms with Gasteiger partial charge in [-0.2, -0.15) is 13.2 Å². The molecule has 152 valence electrons. The fourth-order valence-electron chi connectivity index (χ4n) is 3.36. The summed E-state index contributed by atoms with van der Waals surface area (Å²) in [5.74, 6) is 1.36. The maximum atomic E-state index is 12.6. The van der Waals surface area contributed by atoms with Crippen LogP contribution < -0.4 is 10.2 Å². The molecule has 8 heteroatoms. The number of aromatic nitrogens is 1. The number of hydrogen-bond donors (Lipinski definition) is 1. The lowest BCUT2D eigenvalue weighted by atomic mass is 9.95. The number of anilines is 1. The van der Waals surface area contributed by atoms with E-state index in [0.29, 0.717) is 31.7 Å². The molecule has 1 aliphatic rings. The van der Waals surface area contributed by atoms with Crippen molar-refractivity contribution in [3.05, 3.63) is 48.0 Å². The third-order valence-corrected chi connectivity index (χ3v) is 5.06. The first-order chi connectivity index (χ1) is 13.3. The van der Waals surface area contributed by atoms with E-state index in [1.807, 2.05) is 24.0 Å². The summed E-state index contributed by atoms with van der Waals surface area (Å²) in [6, 6.07) is 6.24. The Balaban J connectivity index is 1.44. The predicted octanol–water partition coefficient (Wildman–Crippen LogP) is 4.05. The van der Waals surface area contributed by atoms with Gasteiger partial charge in [-0.05, 0) is 50.5 Å². The normalized spacial score (nSPS) is 16.8. The van der Waals surface area contributed by atoms with Crippen molar-refractivity contribution in [2.24, 2.45) is 5.92 Å². The van der Waals surface area contributed by atoms with Crippen molar-refractivity contribution in [1.82, 2.24) is 10.3 Å². The van der Waals surface area contributed by atoms with Gasteiger partial charge in [0.15, 0.2) is 0 Å². The minimum absolute atomic E-state index is 0.0342. The predicted molar refractivity (Wildman–Crippen MR) is 98.8 cm³/mol. The van der Waals surface area contributed by atoms with E-state index in [0.717, 1.165) is 30.9 Å². The maximum absolute atomic E-state index is 12.6. The second-order valence-electron chi connectivity index (χ2n) is 7.19. The lowest BCUT2D eigenvalue weighted by Crippen LogP contribution is -2.43. The van der Waals surface area contributed by atoms with Gasteiger partial charge < -0.3 is 14.6 Å². The van der Waals surface area contributed by atoms with E-state index in [-0.39, 0.29) is 17.9 Å². The number of rotatable bonds is 6. The van der Waals surface area contributed by atoms with Gasteiger partial charge in [0.25, 0.3) is 0 Å². The Bertz CT molecular complexity index is 752. The lowest BCUT2D eigenvalue weighted by molar-refractivity contribution is -0.137. The molecular formula is C20H24F3N3O2. The molecule has 1 atom stereocenters. The SMILES string of the molecule is C[C@H](CCc1ccco1)NC(=O)C1CCN(c2ccc(C(F)(F)F)cn2)CC1. The van der Waals surface area contributed by atoms with Crippen LogP contribution in [0.15, 0.2) is 41.1 Å². The van der Waals surface area contributed by atoms with Crippen molar-refractivity contribution in [2.45, 2.75) is 44.8 Å². The average molecular weight is 395 g/mol. The highest BCUT2D eigenvalue weighted by Crippen LogP contribution is 2.30. The van der Waals surface area contributed by atoms with E-state index in [2.05, 4.69) is 10.3 Å². The van der Waals surface area contributed by atoms with Gasteiger partial charge in [-0.3, -0.25) is 4.79 Å². The number of pyridine rings is 1. The first-order valence-electron chi connectivity index (χ1n) is 9.44. The van der Waals surface area contributed by atoms with Gasteiger partial charge in [-0.1, -0.05) is 0 Å². The van der Waals surface area contributed by atoms with Gasteiger partial charge in [-0.25, -0.2) is 4.98 Å². The van der Waals surface area contributed by atoms with Crippen LogP contribution in [0.25, 0.3) is 0 Å². The Kier molecular flexibility index (Phi) is 6.26. The number of nitrogens with zero attached hydrogens (tertiary/aromatic N) is 2. The molecule has 2 aromatic rings. The van der Waals surface area contributed by atoms with Crippen LogP contribution in [0.2, 0.25) is 0 Å². The largest absolute Gasteiger partial charge is 0.469 e. The number of amides is 1. The Morgan fingerprint density at radius 3 is 2.64 bits per heavy atom. The second kappa shape index (κ2) is 8.67. The molecule has 3 heterocycles. The average Bonchev–Trinajstić information content (AvgIpc) is 3.19. The molecule has 1 fully saturated rings. The van der Waals surface area contributed by atoms with Crippen molar-refractivity contribution in [1.29, 1.82) is 0 Å². The van der Waals surface area contributed by atoms with E-state index < -0.39 is 11.7 Å². The highest BCUT2D eigenvalue weighted by atomic mass is 19.4. The van der Waals surface area contributed by atoms with Gasteiger partial charge in [0.2, 0.25) is 5.91 Å². The highest BCUT2D eigenvalue weighted by molar-refractivity contribution is 5.79. The van der Waals surface area contributed by atoms with Crippen molar-refractivity contribution < 1.29 is 22.4 Å². The van der Waals surface area contributed by atoms with Crippen LogP contribution in [-0.4, -0.2) is 30.0 Å². The molecule has 28 heavy (non-hydrogen) atoms. The number of nitrogens with one attached hydrogen (secondary N) is 1. The minimum atomic E-state index is -4.38. The Hall–Kier alpha value is -2.51. The molecule has 1 N–H and O–H groups in total. The number of furan rings is 1. The first kappa shape index (κ1) is 20.2. The van der Waals surface area contributed by atoms with E-state index >= 15 is 0 Å². The summed E-state index contributed by atoms with van der Waals surface area (Å²) in [4.78, 5) is 18.3. The standard InChI is InChI=1S/C20H24F3N3O2/c1-14(4-6-17-3-2-12-28-17)25-19(27)15-8-10-26(11-9-15)18-7-5-16(13-24-18)20(21,22)23/h2-3,5,7,12-15H,4,6,8-11H2,1H3,(H,25,27)/t14-/m1/s1. The fourth-order valence-corrected chi connectivity index (χ4v) is 3.36. The summed E-state index contributed by atoms with van der Waals surface area (Å²) in [6.07, 6.45) is 0.982. The molecule has 0 radical (unpaired) electrons. The van der Waals surface area contributed by atoms with Gasteiger partial charge in [0, 0.05) is 37.7 Å². The zero-order valence-electron chi connectivity index (χ0n) is 15.7. The maximum Gasteiger partial charge on any atom is 0.417 e. The van der Waals surface area contributed by atoms with Crippen LogP contribution >= 0.6 is 0 Å². The summed E-state index contributed by atoms with van der Waals surface area (Å²) in [7, 11) is 0. The molecule has 0 saturated carbocycles. The molecule has 0 aliphatic carbocycles. The molecular weight excluding hydrogens is 371 g/mol. The quantitative estimate of drug-likeness (QED) is 0.802. The molecule has 5 nitrogen and oxygen atoms in total. The molecule has 3 rings (SSSR count). The smallest absolute Gasteiger partial charge is 0.417 e. The number of alkyl halides is 3. The molecule has 1 amide bonds. The van der Waals surface area contributed by atoms with Crippen molar-refractivity contribution >= 4 is 11.7 Å². The van der Waals surface area contributed by atoms with Crippen LogP contribution in [0.5, 0.6) is 0 Å². The molecule has 1 aliphatic heterocycles. The highest BCUT2D eigenvalue weighted by Gasteiger charge is 2.31. The third-order valence-electron chi connectivity index (χ3n) is 5.06. The van der Waals surface area contributed by atoms with Crippen LogP contribution in [0, 0.1) is 5.92 Å². The summed E-state index contributed by atoms with van der Waals surface area (Å²) >= 11 is 0. The van der Waals surface area contributed by atoms with E-state index in [1.54, 1.807) is 6.26 Å². The summed E-state index contributed by atoms with van der Waals surface area (Å²) in [5, 5.41) is 3.05. The summed E-state index contributed by atoms with van der Waals surface area (Å²) < 4.78 is 43.2. The third kappa shape index (κ3) is 5.27. The number of carbonyl (C=O) groups is 1. The van der Waals surface area contributed by atoms with Crippen molar-refractivity contribution in [2.75, 3.05) is 18.0 Å². The Morgan fingerprint density at radius 2 is 2.07 bits per heavy atom. The van der Waals surface area contributed by atoms with Crippen LogP contribution in [0.3, 0.4) is 0 Å². The Labute approximate surface area is 161 Å². The van der Waals surface area contributed by atoms with Gasteiger partial charge in [0.05, 0.1) is 11.8 Å². The number of halogens is 3. The number of piperidine rings is 1.